The predicted octanol–water partition coefficient (Wildman–Crippen LogP) is 3.86. The molecule has 20 heavy (non-hydrogen) atoms. The lowest BCUT2D eigenvalue weighted by Crippen LogP contribution is -2.36. The van der Waals surface area contributed by atoms with Crippen LogP contribution < -0.4 is 0 Å². The minimum atomic E-state index is 0.286. The second kappa shape index (κ2) is 5.67. The van der Waals surface area contributed by atoms with Gasteiger partial charge < -0.3 is 0 Å². The van der Waals surface area contributed by atoms with E-state index in [1.165, 1.54) is 18.4 Å². The van der Waals surface area contributed by atoms with E-state index in [-0.39, 0.29) is 5.78 Å². The number of carbonyl (C=O) groups excluding carboxylic acids is 2. The number of hydrogen-bond acceptors (Lipinski definition) is 2. The summed E-state index contributed by atoms with van der Waals surface area (Å²) in [7, 11) is 0. The lowest BCUT2D eigenvalue weighted by molar-refractivity contribution is -0.116. The minimum absolute atomic E-state index is 0.286. The summed E-state index contributed by atoms with van der Waals surface area (Å²) >= 11 is 0. The third kappa shape index (κ3) is 2.53. The number of carbonyl (C=O) groups is 2. The molecule has 0 aromatic rings. The SMILES string of the molecule is CC[C@H]1[C@@H]([C@@H]2C=CC(=O)CC2)CCC2=CC(=O)CC[C@H]21. The number of allylic oxidation sites excluding steroid dienone is 4. The molecule has 0 aromatic carbocycles. The molecule has 0 N–H and O–H groups in total. The first-order valence-corrected chi connectivity index (χ1v) is 8.13. The first-order valence-electron chi connectivity index (χ1n) is 8.13. The summed E-state index contributed by atoms with van der Waals surface area (Å²) in [6.45, 7) is 2.29. The summed E-state index contributed by atoms with van der Waals surface area (Å²) in [5.41, 5.74) is 1.42. The molecule has 0 amide bonds. The third-order valence-corrected chi connectivity index (χ3v) is 5.63. The molecule has 0 unspecified atom stereocenters. The van der Waals surface area contributed by atoms with Gasteiger partial charge in [0.2, 0.25) is 0 Å². The Labute approximate surface area is 121 Å². The molecule has 0 saturated heterocycles. The summed E-state index contributed by atoms with van der Waals surface area (Å²) in [6.07, 6.45) is 12.9. The molecule has 2 nitrogen and oxygen atoms in total. The Morgan fingerprint density at radius 1 is 1.05 bits per heavy atom. The maximum absolute atomic E-state index is 11.6. The van der Waals surface area contributed by atoms with Crippen LogP contribution in [0.4, 0.5) is 0 Å². The van der Waals surface area contributed by atoms with Crippen molar-refractivity contribution in [3.8, 4) is 0 Å². The molecule has 3 aliphatic rings. The second-order valence-corrected chi connectivity index (χ2v) is 6.63. The average molecular weight is 272 g/mol. The van der Waals surface area contributed by atoms with Gasteiger partial charge in [0, 0.05) is 12.8 Å². The lowest BCUT2D eigenvalue weighted by Gasteiger charge is -2.44. The van der Waals surface area contributed by atoms with Crippen molar-refractivity contribution in [3.63, 3.8) is 0 Å². The Bertz CT molecular complexity index is 472. The van der Waals surface area contributed by atoms with Crippen LogP contribution in [0.2, 0.25) is 0 Å². The van der Waals surface area contributed by atoms with Gasteiger partial charge in [0.15, 0.2) is 11.6 Å². The topological polar surface area (TPSA) is 34.1 Å². The molecule has 0 aliphatic heterocycles. The van der Waals surface area contributed by atoms with E-state index in [2.05, 4.69) is 13.0 Å². The van der Waals surface area contributed by atoms with Crippen molar-refractivity contribution in [1.82, 2.24) is 0 Å². The van der Waals surface area contributed by atoms with Gasteiger partial charge in [0.1, 0.15) is 0 Å². The Hall–Kier alpha value is -1.18. The van der Waals surface area contributed by atoms with E-state index in [0.29, 0.717) is 29.5 Å². The smallest absolute Gasteiger partial charge is 0.155 e. The van der Waals surface area contributed by atoms with E-state index >= 15 is 0 Å². The molecule has 2 heteroatoms. The van der Waals surface area contributed by atoms with Gasteiger partial charge in [-0.2, -0.15) is 0 Å². The van der Waals surface area contributed by atoms with Gasteiger partial charge in [0.05, 0.1) is 0 Å². The molecule has 0 aromatic heterocycles. The number of hydrogen-bond donors (Lipinski definition) is 0. The summed E-state index contributed by atoms with van der Waals surface area (Å²) in [5.74, 6) is 3.23. The van der Waals surface area contributed by atoms with Crippen molar-refractivity contribution >= 4 is 11.6 Å². The Kier molecular flexibility index (Phi) is 3.91. The Balaban J connectivity index is 1.80. The quantitative estimate of drug-likeness (QED) is 0.765. The normalized spacial score (nSPS) is 37.5. The third-order valence-electron chi connectivity index (χ3n) is 5.63. The van der Waals surface area contributed by atoms with Gasteiger partial charge in [0.25, 0.3) is 0 Å². The van der Waals surface area contributed by atoms with Crippen LogP contribution in [0.5, 0.6) is 0 Å². The number of fused-ring (bicyclic) bond motifs is 1. The van der Waals surface area contributed by atoms with Crippen LogP contribution in [0.25, 0.3) is 0 Å². The van der Waals surface area contributed by atoms with Gasteiger partial charge in [-0.25, -0.2) is 0 Å². The highest BCUT2D eigenvalue weighted by atomic mass is 16.1. The largest absolute Gasteiger partial charge is 0.295 e. The zero-order chi connectivity index (χ0) is 14.1. The Morgan fingerprint density at radius 2 is 1.85 bits per heavy atom. The summed E-state index contributed by atoms with van der Waals surface area (Å²) in [5, 5.41) is 0. The predicted molar refractivity (Wildman–Crippen MR) is 79.2 cm³/mol. The highest BCUT2D eigenvalue weighted by Crippen LogP contribution is 2.48. The van der Waals surface area contributed by atoms with E-state index in [4.69, 9.17) is 0 Å². The maximum atomic E-state index is 11.6. The number of rotatable bonds is 2. The highest BCUT2D eigenvalue weighted by Gasteiger charge is 2.40. The maximum Gasteiger partial charge on any atom is 0.155 e. The average Bonchev–Trinajstić information content (AvgIpc) is 2.46. The zero-order valence-corrected chi connectivity index (χ0v) is 12.3. The van der Waals surface area contributed by atoms with Crippen molar-refractivity contribution in [2.75, 3.05) is 0 Å². The standard InChI is InChI=1S/C18H24O2/c1-2-16-17(12-3-6-14(19)7-4-12)9-5-13-11-15(20)8-10-18(13)16/h3,6,11-12,16-18H,2,4-5,7-10H2,1H3/t12-,16+,17-,18-/m1/s1. The lowest BCUT2D eigenvalue weighted by atomic mass is 9.60. The van der Waals surface area contributed by atoms with E-state index in [9.17, 15) is 9.59 Å². The van der Waals surface area contributed by atoms with Crippen LogP contribution >= 0.6 is 0 Å². The van der Waals surface area contributed by atoms with E-state index in [1.54, 1.807) is 6.08 Å². The van der Waals surface area contributed by atoms with Crippen LogP contribution in [0.1, 0.15) is 51.9 Å². The molecule has 1 fully saturated rings. The first kappa shape index (κ1) is 13.8. The van der Waals surface area contributed by atoms with Crippen molar-refractivity contribution in [3.05, 3.63) is 23.8 Å². The molecule has 0 heterocycles. The molecule has 0 bridgehead atoms. The second-order valence-electron chi connectivity index (χ2n) is 6.63. The summed E-state index contributed by atoms with van der Waals surface area (Å²) in [4.78, 5) is 23.0. The van der Waals surface area contributed by atoms with Gasteiger partial charge >= 0.3 is 0 Å². The fourth-order valence-corrected chi connectivity index (χ4v) is 4.66. The molecule has 4 atom stereocenters. The highest BCUT2D eigenvalue weighted by molar-refractivity contribution is 5.91. The van der Waals surface area contributed by atoms with Crippen LogP contribution in [-0.2, 0) is 9.59 Å². The minimum Gasteiger partial charge on any atom is -0.295 e. The zero-order valence-electron chi connectivity index (χ0n) is 12.3. The summed E-state index contributed by atoms with van der Waals surface area (Å²) in [6, 6.07) is 0. The van der Waals surface area contributed by atoms with Crippen LogP contribution in [0.3, 0.4) is 0 Å². The molecule has 3 rings (SSSR count). The molecule has 1 saturated carbocycles. The van der Waals surface area contributed by atoms with Crippen molar-refractivity contribution in [2.45, 2.75) is 51.9 Å². The Morgan fingerprint density at radius 3 is 2.55 bits per heavy atom. The molecule has 3 aliphatic carbocycles. The molecule has 0 radical (unpaired) electrons. The number of ketones is 2. The first-order chi connectivity index (χ1) is 9.69. The fourth-order valence-electron chi connectivity index (χ4n) is 4.66. The van der Waals surface area contributed by atoms with Gasteiger partial charge in [-0.3, -0.25) is 9.59 Å². The van der Waals surface area contributed by atoms with Crippen LogP contribution in [-0.4, -0.2) is 11.6 Å². The molecular formula is C18H24O2. The van der Waals surface area contributed by atoms with E-state index < -0.39 is 0 Å². The van der Waals surface area contributed by atoms with Crippen molar-refractivity contribution in [1.29, 1.82) is 0 Å². The molecular weight excluding hydrogens is 248 g/mol. The fraction of sp³-hybridized carbons (Fsp3) is 0.667. The summed E-state index contributed by atoms with van der Waals surface area (Å²) < 4.78 is 0. The van der Waals surface area contributed by atoms with Crippen LogP contribution in [0, 0.1) is 23.7 Å². The van der Waals surface area contributed by atoms with Gasteiger partial charge in [-0.05, 0) is 61.5 Å². The molecule has 0 spiro atoms. The van der Waals surface area contributed by atoms with E-state index in [1.807, 2.05) is 6.08 Å². The van der Waals surface area contributed by atoms with Crippen molar-refractivity contribution < 1.29 is 9.59 Å². The molecule has 108 valence electrons. The van der Waals surface area contributed by atoms with Gasteiger partial charge in [-0.15, -0.1) is 0 Å². The van der Waals surface area contributed by atoms with Crippen LogP contribution in [0.15, 0.2) is 23.8 Å². The van der Waals surface area contributed by atoms with E-state index in [0.717, 1.165) is 32.1 Å². The monoisotopic (exact) mass is 272 g/mol. The van der Waals surface area contributed by atoms with Crippen molar-refractivity contribution in [2.24, 2.45) is 23.7 Å². The van der Waals surface area contributed by atoms with Gasteiger partial charge in [-0.1, -0.05) is 25.0 Å².